The molecule has 0 aromatic heterocycles. The van der Waals surface area contributed by atoms with Gasteiger partial charge in [-0.15, -0.1) is 0 Å². The third kappa shape index (κ3) is 3.61. The van der Waals surface area contributed by atoms with E-state index in [9.17, 15) is 14.0 Å². The van der Waals surface area contributed by atoms with Crippen LogP contribution in [0.4, 0.5) is 4.39 Å². The van der Waals surface area contributed by atoms with Crippen molar-refractivity contribution in [3.8, 4) is 0 Å². The maximum absolute atomic E-state index is 13.5. The molecule has 0 saturated carbocycles. The van der Waals surface area contributed by atoms with Gasteiger partial charge in [-0.3, -0.25) is 9.59 Å². The quantitative estimate of drug-likeness (QED) is 0.904. The van der Waals surface area contributed by atoms with Crippen molar-refractivity contribution in [2.75, 3.05) is 19.6 Å². The monoisotopic (exact) mass is 356 g/mol. The van der Waals surface area contributed by atoms with Crippen LogP contribution in [-0.2, 0) is 4.79 Å². The van der Waals surface area contributed by atoms with Crippen molar-refractivity contribution in [2.24, 2.45) is 5.92 Å². The second-order valence-electron chi connectivity index (χ2n) is 5.06. The lowest BCUT2D eigenvalue weighted by Gasteiger charge is -2.31. The predicted octanol–water partition coefficient (Wildman–Crippen LogP) is 2.58. The molecule has 0 unspecified atom stereocenters. The number of hydrogen-bond donors (Lipinski definition) is 1. The van der Waals surface area contributed by atoms with Crippen LogP contribution in [0.3, 0.4) is 0 Å². The highest BCUT2D eigenvalue weighted by Crippen LogP contribution is 2.24. The molecule has 2 amide bonds. The molecule has 1 N–H and O–H groups in total. The Morgan fingerprint density at radius 1 is 1.38 bits per heavy atom. The molecule has 4 nitrogen and oxygen atoms in total. The second kappa shape index (κ2) is 7.02. The molecule has 1 fully saturated rings. The Kier molecular flexibility index (Phi) is 5.33. The van der Waals surface area contributed by atoms with Crippen LogP contribution in [0.15, 0.2) is 22.7 Å². The first-order valence-corrected chi connectivity index (χ1v) is 7.85. The van der Waals surface area contributed by atoms with Crippen molar-refractivity contribution in [1.82, 2.24) is 10.2 Å². The number of piperidine rings is 1. The number of amides is 2. The predicted molar refractivity (Wildman–Crippen MR) is 81.4 cm³/mol. The van der Waals surface area contributed by atoms with Gasteiger partial charge in [-0.25, -0.2) is 4.39 Å². The molecule has 1 saturated heterocycles. The van der Waals surface area contributed by atoms with E-state index in [0.717, 1.165) is 0 Å². The zero-order valence-corrected chi connectivity index (χ0v) is 13.5. The Labute approximate surface area is 131 Å². The molecule has 0 radical (unpaired) electrons. The maximum Gasteiger partial charge on any atom is 0.255 e. The number of carbonyl (C=O) groups excluding carboxylic acids is 2. The summed E-state index contributed by atoms with van der Waals surface area (Å²) in [5.74, 6) is -0.629. The average molecular weight is 357 g/mol. The summed E-state index contributed by atoms with van der Waals surface area (Å²) in [6, 6.07) is 4.43. The van der Waals surface area contributed by atoms with E-state index < -0.39 is 5.82 Å². The van der Waals surface area contributed by atoms with Crippen LogP contribution in [-0.4, -0.2) is 36.3 Å². The first-order chi connectivity index (χ1) is 10.0. The minimum atomic E-state index is -0.446. The molecule has 0 atom stereocenters. The molecule has 6 heteroatoms. The Balaban J connectivity index is 2.00. The second-order valence-corrected chi connectivity index (χ2v) is 5.86. The summed E-state index contributed by atoms with van der Waals surface area (Å²) in [5, 5.41) is 2.81. The van der Waals surface area contributed by atoms with Gasteiger partial charge < -0.3 is 10.2 Å². The molecule has 114 valence electrons. The first-order valence-electron chi connectivity index (χ1n) is 7.05. The van der Waals surface area contributed by atoms with E-state index >= 15 is 0 Å². The maximum atomic E-state index is 13.5. The fraction of sp³-hybridized carbons (Fsp3) is 0.467. The van der Waals surface area contributed by atoms with Gasteiger partial charge in [0.2, 0.25) is 5.91 Å². The number of likely N-dealkylation sites (tertiary alicyclic amines) is 1. The van der Waals surface area contributed by atoms with Crippen LogP contribution < -0.4 is 5.32 Å². The zero-order chi connectivity index (χ0) is 15.4. The molecule has 0 bridgehead atoms. The highest BCUT2D eigenvalue weighted by atomic mass is 79.9. The lowest BCUT2D eigenvalue weighted by atomic mass is 9.95. The minimum Gasteiger partial charge on any atom is -0.356 e. The summed E-state index contributed by atoms with van der Waals surface area (Å²) >= 11 is 3.12. The van der Waals surface area contributed by atoms with E-state index in [1.54, 1.807) is 11.0 Å². The fourth-order valence-electron chi connectivity index (χ4n) is 2.50. The van der Waals surface area contributed by atoms with Gasteiger partial charge in [0, 0.05) is 25.6 Å². The molecule has 1 aliphatic rings. The van der Waals surface area contributed by atoms with Crippen molar-refractivity contribution in [1.29, 1.82) is 0 Å². The lowest BCUT2D eigenvalue weighted by molar-refractivity contribution is -0.126. The number of nitrogens with one attached hydrogen (secondary N) is 1. The zero-order valence-electron chi connectivity index (χ0n) is 11.9. The number of rotatable bonds is 3. The van der Waals surface area contributed by atoms with Crippen LogP contribution in [0.5, 0.6) is 0 Å². The Morgan fingerprint density at radius 3 is 2.67 bits per heavy atom. The Hall–Kier alpha value is -1.43. The van der Waals surface area contributed by atoms with Crippen LogP contribution in [0.25, 0.3) is 0 Å². The largest absolute Gasteiger partial charge is 0.356 e. The van der Waals surface area contributed by atoms with Gasteiger partial charge in [-0.1, -0.05) is 6.07 Å². The van der Waals surface area contributed by atoms with E-state index in [0.29, 0.717) is 38.0 Å². The number of benzene rings is 1. The van der Waals surface area contributed by atoms with Crippen LogP contribution in [0, 0.1) is 11.7 Å². The van der Waals surface area contributed by atoms with Crippen LogP contribution in [0.2, 0.25) is 0 Å². The minimum absolute atomic E-state index is 0.0371. The van der Waals surface area contributed by atoms with Gasteiger partial charge in [-0.05, 0) is 47.8 Å². The van der Waals surface area contributed by atoms with Gasteiger partial charge >= 0.3 is 0 Å². The Morgan fingerprint density at radius 2 is 2.05 bits per heavy atom. The van der Waals surface area contributed by atoms with Crippen molar-refractivity contribution < 1.29 is 14.0 Å². The third-order valence-corrected chi connectivity index (χ3v) is 4.49. The summed E-state index contributed by atoms with van der Waals surface area (Å²) in [5.41, 5.74) is 0.325. The molecule has 21 heavy (non-hydrogen) atoms. The number of nitrogens with zero attached hydrogens (tertiary/aromatic N) is 1. The smallest absolute Gasteiger partial charge is 0.255 e. The van der Waals surface area contributed by atoms with Gasteiger partial charge in [-0.2, -0.15) is 0 Å². The molecular formula is C15H18BrFN2O2. The molecule has 1 aliphatic heterocycles. The van der Waals surface area contributed by atoms with Crippen LogP contribution in [0.1, 0.15) is 30.1 Å². The fourth-order valence-corrected chi connectivity index (χ4v) is 2.94. The molecule has 2 rings (SSSR count). The summed E-state index contributed by atoms with van der Waals surface area (Å²) in [6.45, 7) is 3.54. The molecule has 0 spiro atoms. The summed E-state index contributed by atoms with van der Waals surface area (Å²) < 4.78 is 13.7. The van der Waals surface area contributed by atoms with Crippen molar-refractivity contribution in [3.05, 3.63) is 34.1 Å². The topological polar surface area (TPSA) is 49.4 Å². The van der Waals surface area contributed by atoms with Gasteiger partial charge in [0.15, 0.2) is 0 Å². The van der Waals surface area contributed by atoms with Crippen molar-refractivity contribution >= 4 is 27.7 Å². The lowest BCUT2D eigenvalue weighted by Crippen LogP contribution is -2.43. The third-order valence-electron chi connectivity index (χ3n) is 3.69. The van der Waals surface area contributed by atoms with E-state index in [1.807, 2.05) is 6.92 Å². The SMILES string of the molecule is CCNC(=O)C1CCN(C(=O)c2cccc(F)c2Br)CC1. The summed E-state index contributed by atoms with van der Waals surface area (Å²) in [6.07, 6.45) is 1.29. The van der Waals surface area contributed by atoms with E-state index in [4.69, 9.17) is 0 Å². The van der Waals surface area contributed by atoms with Crippen molar-refractivity contribution in [3.63, 3.8) is 0 Å². The highest BCUT2D eigenvalue weighted by Gasteiger charge is 2.28. The Bertz CT molecular complexity index is 542. The number of carbonyl (C=O) groups is 2. The van der Waals surface area contributed by atoms with Gasteiger partial charge in [0.25, 0.3) is 5.91 Å². The molecule has 1 aromatic carbocycles. The average Bonchev–Trinajstić information content (AvgIpc) is 2.50. The molecular weight excluding hydrogens is 339 g/mol. The normalized spacial score (nSPS) is 15.9. The van der Waals surface area contributed by atoms with Gasteiger partial charge in [0.05, 0.1) is 10.0 Å². The summed E-state index contributed by atoms with van der Waals surface area (Å²) in [4.78, 5) is 25.9. The summed E-state index contributed by atoms with van der Waals surface area (Å²) in [7, 11) is 0. The number of hydrogen-bond acceptors (Lipinski definition) is 2. The van der Waals surface area contributed by atoms with Gasteiger partial charge in [0.1, 0.15) is 5.82 Å². The highest BCUT2D eigenvalue weighted by molar-refractivity contribution is 9.10. The van der Waals surface area contributed by atoms with E-state index in [2.05, 4.69) is 21.2 Å². The molecule has 0 aliphatic carbocycles. The van der Waals surface area contributed by atoms with E-state index in [1.165, 1.54) is 12.1 Å². The molecule has 1 heterocycles. The molecule has 1 aromatic rings. The van der Waals surface area contributed by atoms with E-state index in [-0.39, 0.29) is 22.2 Å². The van der Waals surface area contributed by atoms with Crippen LogP contribution >= 0.6 is 15.9 Å². The first kappa shape index (κ1) is 15.9. The number of halogens is 2. The standard InChI is InChI=1S/C15H18BrFN2O2/c1-2-18-14(20)10-6-8-19(9-7-10)15(21)11-4-3-5-12(17)13(11)16/h3-5,10H,2,6-9H2,1H3,(H,18,20). The van der Waals surface area contributed by atoms with Crippen molar-refractivity contribution in [2.45, 2.75) is 19.8 Å².